The second-order valence-corrected chi connectivity index (χ2v) is 11.3. The van der Waals surface area contributed by atoms with Crippen molar-refractivity contribution in [3.05, 3.63) is 76.5 Å². The molecule has 0 spiro atoms. The quantitative estimate of drug-likeness (QED) is 0.260. The van der Waals surface area contributed by atoms with E-state index in [0.717, 1.165) is 36.9 Å². The van der Waals surface area contributed by atoms with Crippen LogP contribution < -0.4 is 21.6 Å². The molecule has 2 saturated carbocycles. The van der Waals surface area contributed by atoms with Crippen molar-refractivity contribution in [2.24, 2.45) is 5.41 Å². The third-order valence-electron chi connectivity index (χ3n) is 8.44. The van der Waals surface area contributed by atoms with E-state index in [-0.39, 0.29) is 11.2 Å². The topological polar surface area (TPSA) is 88.0 Å². The molecule has 1 atom stereocenters. The average Bonchev–Trinajstić information content (AvgIpc) is 3.64. The van der Waals surface area contributed by atoms with E-state index in [1.165, 1.54) is 31.4 Å². The van der Waals surface area contributed by atoms with Crippen molar-refractivity contribution in [3.63, 3.8) is 0 Å². The second kappa shape index (κ2) is 9.93. The number of hydrazine groups is 2. The number of pyridine rings is 1. The third-order valence-corrected chi connectivity index (χ3v) is 8.73. The Kier molecular flexibility index (Phi) is 6.56. The first-order valence-corrected chi connectivity index (χ1v) is 13.8. The Labute approximate surface area is 234 Å². The summed E-state index contributed by atoms with van der Waals surface area (Å²) < 4.78 is 13.8. The number of hydrogen-bond acceptors (Lipinski definition) is 7. The summed E-state index contributed by atoms with van der Waals surface area (Å²) in [4.78, 5) is 4.49. The van der Waals surface area contributed by atoms with Crippen LogP contribution in [-0.2, 0) is 5.44 Å². The lowest BCUT2D eigenvalue weighted by Crippen LogP contribution is -2.45. The maximum Gasteiger partial charge on any atom is 0.123 e. The molecule has 3 aromatic rings. The number of fused-ring (bicyclic) bond motifs is 1. The zero-order valence-corrected chi connectivity index (χ0v) is 22.6. The third kappa shape index (κ3) is 4.77. The number of nitrogens with one attached hydrogen (secondary N) is 4. The molecule has 198 valence electrons. The number of aromatic nitrogens is 1. The molecule has 10 heteroatoms. The molecule has 2 radical (unpaired) electrons. The molecule has 2 heterocycles. The summed E-state index contributed by atoms with van der Waals surface area (Å²) in [6.07, 6.45) is 10.4. The van der Waals surface area contributed by atoms with Crippen molar-refractivity contribution in [1.29, 1.82) is 5.26 Å². The molecule has 2 aliphatic carbocycles. The van der Waals surface area contributed by atoms with E-state index in [0.29, 0.717) is 39.1 Å². The van der Waals surface area contributed by atoms with Gasteiger partial charge in [-0.25, -0.2) is 4.39 Å². The molecular weight excluding hydrogens is 512 g/mol. The van der Waals surface area contributed by atoms with Crippen LogP contribution in [0, 0.1) is 22.6 Å². The summed E-state index contributed by atoms with van der Waals surface area (Å²) in [5.41, 5.74) is 9.13. The van der Waals surface area contributed by atoms with Gasteiger partial charge in [-0.15, -0.1) is 5.53 Å². The highest BCUT2D eigenvalue weighted by Gasteiger charge is 2.38. The number of benzene rings is 2. The molecule has 6 rings (SSSR count). The lowest BCUT2D eigenvalue weighted by molar-refractivity contribution is 0.145. The van der Waals surface area contributed by atoms with Crippen molar-refractivity contribution in [1.82, 2.24) is 21.0 Å². The van der Waals surface area contributed by atoms with Crippen LogP contribution in [0.15, 0.2) is 54.5 Å². The Bertz CT molecular complexity index is 1470. The van der Waals surface area contributed by atoms with Gasteiger partial charge in [-0.3, -0.25) is 9.99 Å². The lowest BCUT2D eigenvalue weighted by atomic mass is 9.67. The van der Waals surface area contributed by atoms with Crippen LogP contribution in [-0.4, -0.2) is 30.4 Å². The Hall–Kier alpha value is -3.48. The van der Waals surface area contributed by atoms with Gasteiger partial charge in [-0.1, -0.05) is 37.1 Å². The maximum atomic E-state index is 13.8. The predicted molar refractivity (Wildman–Crippen MR) is 153 cm³/mol. The molecule has 7 nitrogen and oxygen atoms in total. The van der Waals surface area contributed by atoms with Gasteiger partial charge >= 0.3 is 0 Å². The van der Waals surface area contributed by atoms with Crippen LogP contribution >= 0.6 is 11.6 Å². The molecule has 3 aliphatic rings. The van der Waals surface area contributed by atoms with E-state index in [1.54, 1.807) is 24.4 Å². The molecule has 4 N–H and O–H groups in total. The predicted octanol–water partition coefficient (Wildman–Crippen LogP) is 5.65. The summed E-state index contributed by atoms with van der Waals surface area (Å²) in [5, 5.41) is 20.1. The van der Waals surface area contributed by atoms with Crippen molar-refractivity contribution in [2.45, 2.75) is 56.9 Å². The molecule has 2 aromatic carbocycles. The largest absolute Gasteiger partial charge is 0.383 e. The molecule has 2 fully saturated rings. The number of rotatable bonds is 9. The summed E-state index contributed by atoms with van der Waals surface area (Å²) in [6.45, 7) is 3.00. The number of nitriles is 1. The van der Waals surface area contributed by atoms with E-state index in [1.807, 2.05) is 17.3 Å². The summed E-state index contributed by atoms with van der Waals surface area (Å²) in [7, 11) is 7.08. The summed E-state index contributed by atoms with van der Waals surface area (Å²) >= 11 is 6.76. The maximum absolute atomic E-state index is 13.8. The highest BCUT2D eigenvalue weighted by molar-refractivity contribution is 6.36. The van der Waals surface area contributed by atoms with Crippen LogP contribution in [0.2, 0.25) is 5.02 Å². The Morgan fingerprint density at radius 3 is 2.69 bits per heavy atom. The average molecular weight is 542 g/mol. The van der Waals surface area contributed by atoms with Gasteiger partial charge in [0.25, 0.3) is 0 Å². The van der Waals surface area contributed by atoms with Crippen LogP contribution in [0.3, 0.4) is 0 Å². The van der Waals surface area contributed by atoms with E-state index in [2.05, 4.69) is 39.6 Å². The van der Waals surface area contributed by atoms with Gasteiger partial charge in [-0.05, 0) is 67.3 Å². The van der Waals surface area contributed by atoms with E-state index >= 15 is 0 Å². The minimum atomic E-state index is -1.24. The molecule has 0 amide bonds. The van der Waals surface area contributed by atoms with Crippen LogP contribution in [0.25, 0.3) is 10.9 Å². The monoisotopic (exact) mass is 541 g/mol. The zero-order valence-electron chi connectivity index (χ0n) is 21.8. The van der Waals surface area contributed by atoms with Gasteiger partial charge in [0.05, 0.1) is 32.9 Å². The Morgan fingerprint density at radius 1 is 1.28 bits per heavy atom. The molecular formula is C29H30BClFN7. The van der Waals surface area contributed by atoms with Crippen molar-refractivity contribution >= 4 is 41.7 Å². The molecule has 1 aliphatic heterocycles. The molecule has 39 heavy (non-hydrogen) atoms. The molecule has 1 unspecified atom stereocenters. The highest BCUT2D eigenvalue weighted by atomic mass is 35.5. The fourth-order valence-electron chi connectivity index (χ4n) is 5.53. The highest BCUT2D eigenvalue weighted by Crippen LogP contribution is 2.45. The fraction of sp³-hybridized carbons (Fsp3) is 0.379. The van der Waals surface area contributed by atoms with Crippen LogP contribution in [0.1, 0.15) is 56.6 Å². The van der Waals surface area contributed by atoms with Crippen molar-refractivity contribution in [2.75, 3.05) is 17.2 Å². The zero-order chi connectivity index (χ0) is 27.2. The number of halogens is 2. The fourth-order valence-corrected chi connectivity index (χ4v) is 5.80. The summed E-state index contributed by atoms with van der Waals surface area (Å²) in [5.74, 6) is -0.344. The van der Waals surface area contributed by atoms with E-state index < -0.39 is 5.44 Å². The Balaban J connectivity index is 1.41. The smallest absolute Gasteiger partial charge is 0.123 e. The van der Waals surface area contributed by atoms with Crippen molar-refractivity contribution in [3.8, 4) is 6.07 Å². The number of nitrogens with zero attached hydrogens (tertiary/aromatic N) is 3. The molecule has 0 bridgehead atoms. The van der Waals surface area contributed by atoms with Crippen molar-refractivity contribution < 1.29 is 4.39 Å². The minimum absolute atomic E-state index is 0.248. The standard InChI is InChI=1S/C29H30BClFN7/c1-2-28(10-3-11-28)17-35-26-18(14-33)15-34-27-23(26)12-21(13-24(27)31)36-29(30,19-4-6-20(32)7-5-19)25-16-39(38-37-25)22-8-9-22/h4-7,12-13,15-16,22,36-38H,2-3,8-11,17H2,1H3,(H,34,35). The van der Waals surface area contributed by atoms with E-state index in [9.17, 15) is 9.65 Å². The second-order valence-electron chi connectivity index (χ2n) is 10.9. The van der Waals surface area contributed by atoms with Gasteiger partial charge in [0.15, 0.2) is 0 Å². The summed E-state index contributed by atoms with van der Waals surface area (Å²) in [6, 6.07) is 12.5. The first-order valence-electron chi connectivity index (χ1n) is 13.5. The van der Waals surface area contributed by atoms with Gasteiger partial charge in [0, 0.05) is 36.1 Å². The first-order chi connectivity index (χ1) is 18.8. The number of hydrogen-bond donors (Lipinski definition) is 4. The van der Waals surface area contributed by atoms with Gasteiger partial charge in [-0.2, -0.15) is 5.26 Å². The SMILES string of the molecule is [B]C(Nc1cc(Cl)c2ncc(C#N)c(NCC3(CC)CCC3)c2c1)(C1=CN(C2CC2)NN1)c1ccc(F)cc1. The van der Waals surface area contributed by atoms with E-state index in [4.69, 9.17) is 19.4 Å². The first kappa shape index (κ1) is 25.8. The molecule has 0 saturated heterocycles. The van der Waals surface area contributed by atoms with Gasteiger partial charge < -0.3 is 16.1 Å². The van der Waals surface area contributed by atoms with Crippen LogP contribution in [0.5, 0.6) is 0 Å². The lowest BCUT2D eigenvalue weighted by Gasteiger charge is -2.41. The Morgan fingerprint density at radius 2 is 2.05 bits per heavy atom. The number of anilines is 2. The normalized spacial score (nSPS) is 19.4. The van der Waals surface area contributed by atoms with Gasteiger partial charge in [0.2, 0.25) is 0 Å². The molecule has 1 aromatic heterocycles. The van der Waals surface area contributed by atoms with Crippen LogP contribution in [0.4, 0.5) is 15.8 Å². The minimum Gasteiger partial charge on any atom is -0.383 e. The van der Waals surface area contributed by atoms with Gasteiger partial charge in [0.1, 0.15) is 19.7 Å².